The van der Waals surface area contributed by atoms with Crippen LogP contribution in [0.15, 0.2) is 24.3 Å². The molecule has 0 aliphatic heterocycles. The second-order valence-electron chi connectivity index (χ2n) is 7.67. The minimum Gasteiger partial charge on any atom is -0.491 e. The minimum atomic E-state index is -0.288. The molecule has 0 aliphatic carbocycles. The number of benzene rings is 1. The van der Waals surface area contributed by atoms with E-state index in [9.17, 15) is 9.59 Å². The highest BCUT2D eigenvalue weighted by atomic mass is 16.6. The number of anilines is 1. The molecule has 1 rings (SSSR count). The molecule has 1 amide bonds. The second-order valence-corrected chi connectivity index (χ2v) is 7.67. The standard InChI is InChI=1S/C26H43NO11/c1-23(28)27-24-3-5-25(6-4-24)38-22-21-37-20-19-36-18-17-35-16-15-34-14-13-33-12-11-32-10-9-31-8-7-26(29)30-2/h3-6H,7-22H2,1-2H3,(H,27,28). The molecule has 0 saturated heterocycles. The van der Waals surface area contributed by atoms with Gasteiger partial charge in [0.2, 0.25) is 5.91 Å². The van der Waals surface area contributed by atoms with Crippen molar-refractivity contribution in [2.24, 2.45) is 0 Å². The largest absolute Gasteiger partial charge is 0.491 e. The minimum absolute atomic E-state index is 0.110. The summed E-state index contributed by atoms with van der Waals surface area (Å²) in [6.45, 7) is 8.37. The lowest BCUT2D eigenvalue weighted by molar-refractivity contribution is -0.142. The van der Waals surface area contributed by atoms with Gasteiger partial charge in [-0.2, -0.15) is 0 Å². The molecule has 0 saturated carbocycles. The molecule has 12 heteroatoms. The van der Waals surface area contributed by atoms with Gasteiger partial charge in [0.1, 0.15) is 12.4 Å². The summed E-state index contributed by atoms with van der Waals surface area (Å²) < 4.78 is 47.9. The Labute approximate surface area is 225 Å². The molecule has 0 unspecified atom stereocenters. The molecule has 218 valence electrons. The van der Waals surface area contributed by atoms with E-state index in [1.54, 1.807) is 24.3 Å². The van der Waals surface area contributed by atoms with E-state index in [2.05, 4.69) is 10.1 Å². The fraction of sp³-hybridized carbons (Fsp3) is 0.692. The molecule has 0 aromatic heterocycles. The Morgan fingerprint density at radius 1 is 0.579 bits per heavy atom. The first-order chi connectivity index (χ1) is 18.6. The number of nitrogens with one attached hydrogen (secondary N) is 1. The Kier molecular flexibility index (Phi) is 22.2. The van der Waals surface area contributed by atoms with E-state index in [4.69, 9.17) is 37.9 Å². The number of methoxy groups -OCH3 is 1. The van der Waals surface area contributed by atoms with Crippen molar-refractivity contribution in [3.05, 3.63) is 24.3 Å². The zero-order valence-electron chi connectivity index (χ0n) is 22.6. The maximum absolute atomic E-state index is 11.0. The van der Waals surface area contributed by atoms with Crippen molar-refractivity contribution in [2.75, 3.05) is 112 Å². The average Bonchev–Trinajstić information content (AvgIpc) is 2.91. The number of hydrogen-bond acceptors (Lipinski definition) is 11. The van der Waals surface area contributed by atoms with Crippen molar-refractivity contribution in [1.82, 2.24) is 0 Å². The number of carbonyl (C=O) groups is 2. The van der Waals surface area contributed by atoms with Gasteiger partial charge in [0, 0.05) is 12.6 Å². The van der Waals surface area contributed by atoms with E-state index < -0.39 is 0 Å². The van der Waals surface area contributed by atoms with Crippen LogP contribution < -0.4 is 10.1 Å². The zero-order chi connectivity index (χ0) is 27.5. The van der Waals surface area contributed by atoms with Crippen LogP contribution in [-0.4, -0.2) is 118 Å². The molecule has 0 radical (unpaired) electrons. The Morgan fingerprint density at radius 2 is 0.947 bits per heavy atom. The first kappa shape index (κ1) is 33.7. The van der Waals surface area contributed by atoms with Gasteiger partial charge in [-0.1, -0.05) is 0 Å². The molecular weight excluding hydrogens is 502 g/mol. The summed E-state index contributed by atoms with van der Waals surface area (Å²) in [4.78, 5) is 21.9. The molecule has 0 aliphatic rings. The second kappa shape index (κ2) is 25.0. The average molecular weight is 546 g/mol. The fourth-order valence-corrected chi connectivity index (χ4v) is 2.74. The van der Waals surface area contributed by atoms with Gasteiger partial charge in [-0.05, 0) is 24.3 Å². The van der Waals surface area contributed by atoms with Crippen molar-refractivity contribution in [2.45, 2.75) is 13.3 Å². The van der Waals surface area contributed by atoms with Crippen LogP contribution in [0.3, 0.4) is 0 Å². The van der Waals surface area contributed by atoms with E-state index in [0.29, 0.717) is 105 Å². The Hall–Kier alpha value is -2.32. The lowest BCUT2D eigenvalue weighted by Gasteiger charge is -2.09. The maximum Gasteiger partial charge on any atom is 0.307 e. The van der Waals surface area contributed by atoms with E-state index in [1.165, 1.54) is 14.0 Å². The highest BCUT2D eigenvalue weighted by molar-refractivity contribution is 5.88. The molecule has 0 fully saturated rings. The van der Waals surface area contributed by atoms with Crippen LogP contribution in [0.25, 0.3) is 0 Å². The third kappa shape index (κ3) is 21.7. The molecule has 0 atom stereocenters. The summed E-state index contributed by atoms with van der Waals surface area (Å²) in [7, 11) is 1.35. The molecule has 0 bridgehead atoms. The van der Waals surface area contributed by atoms with Gasteiger partial charge >= 0.3 is 5.97 Å². The van der Waals surface area contributed by atoms with Crippen LogP contribution in [0.2, 0.25) is 0 Å². The molecular formula is C26H43NO11. The fourth-order valence-electron chi connectivity index (χ4n) is 2.74. The summed E-state index contributed by atoms with van der Waals surface area (Å²) in [5.41, 5.74) is 0.730. The predicted octanol–water partition coefficient (Wildman–Crippen LogP) is 1.70. The maximum atomic E-state index is 11.0. The predicted molar refractivity (Wildman–Crippen MR) is 139 cm³/mol. The van der Waals surface area contributed by atoms with Crippen LogP contribution in [0, 0.1) is 0 Å². The van der Waals surface area contributed by atoms with Gasteiger partial charge in [-0.25, -0.2) is 0 Å². The van der Waals surface area contributed by atoms with E-state index >= 15 is 0 Å². The van der Waals surface area contributed by atoms with Gasteiger partial charge in [0.05, 0.1) is 106 Å². The van der Waals surface area contributed by atoms with Gasteiger partial charge in [0.15, 0.2) is 0 Å². The lowest BCUT2D eigenvalue weighted by Crippen LogP contribution is -2.15. The van der Waals surface area contributed by atoms with Crippen LogP contribution in [0.1, 0.15) is 13.3 Å². The monoisotopic (exact) mass is 545 g/mol. The summed E-state index contributed by atoms with van der Waals surface area (Å²) in [5.74, 6) is 0.317. The first-order valence-electron chi connectivity index (χ1n) is 12.7. The zero-order valence-corrected chi connectivity index (χ0v) is 22.6. The summed E-state index contributed by atoms with van der Waals surface area (Å²) >= 11 is 0. The normalized spacial score (nSPS) is 10.9. The molecule has 0 spiro atoms. The van der Waals surface area contributed by atoms with Crippen LogP contribution in [0.5, 0.6) is 5.75 Å². The topological polar surface area (TPSA) is 129 Å². The SMILES string of the molecule is COC(=O)CCOCCOCCOCCOCCOCCOCCOCCOc1ccc(NC(C)=O)cc1. The molecule has 0 heterocycles. The highest BCUT2D eigenvalue weighted by Crippen LogP contribution is 2.15. The Morgan fingerprint density at radius 3 is 1.32 bits per heavy atom. The summed E-state index contributed by atoms with van der Waals surface area (Å²) in [5, 5.41) is 2.70. The number of hydrogen-bond donors (Lipinski definition) is 1. The van der Waals surface area contributed by atoms with Crippen molar-refractivity contribution in [3.63, 3.8) is 0 Å². The first-order valence-corrected chi connectivity index (χ1v) is 12.7. The van der Waals surface area contributed by atoms with E-state index in [1.807, 2.05) is 0 Å². The molecule has 1 aromatic rings. The highest BCUT2D eigenvalue weighted by Gasteiger charge is 2.00. The van der Waals surface area contributed by atoms with Crippen molar-refractivity contribution >= 4 is 17.6 Å². The molecule has 12 nitrogen and oxygen atoms in total. The molecule has 1 aromatic carbocycles. The third-order valence-electron chi connectivity index (χ3n) is 4.58. The molecule has 1 N–H and O–H groups in total. The number of carbonyl (C=O) groups excluding carboxylic acids is 2. The lowest BCUT2D eigenvalue weighted by atomic mass is 10.3. The van der Waals surface area contributed by atoms with E-state index in [-0.39, 0.29) is 18.3 Å². The summed E-state index contributed by atoms with van der Waals surface area (Å²) in [6.07, 6.45) is 0.243. The Balaban J connectivity index is 1.72. The van der Waals surface area contributed by atoms with E-state index in [0.717, 1.165) is 5.69 Å². The number of rotatable bonds is 26. The summed E-state index contributed by atoms with van der Waals surface area (Å²) in [6, 6.07) is 7.16. The van der Waals surface area contributed by atoms with Gasteiger partial charge in [-0.15, -0.1) is 0 Å². The Bertz CT molecular complexity index is 703. The van der Waals surface area contributed by atoms with Crippen LogP contribution in [-0.2, 0) is 47.5 Å². The smallest absolute Gasteiger partial charge is 0.307 e. The van der Waals surface area contributed by atoms with Crippen molar-refractivity contribution in [3.8, 4) is 5.75 Å². The van der Waals surface area contributed by atoms with Gasteiger partial charge < -0.3 is 47.9 Å². The van der Waals surface area contributed by atoms with Crippen molar-refractivity contribution < 1.29 is 52.2 Å². The number of amides is 1. The van der Waals surface area contributed by atoms with Crippen molar-refractivity contribution in [1.29, 1.82) is 0 Å². The quantitative estimate of drug-likeness (QED) is 0.135. The molecule has 38 heavy (non-hydrogen) atoms. The van der Waals surface area contributed by atoms with Crippen LogP contribution >= 0.6 is 0 Å². The number of esters is 1. The van der Waals surface area contributed by atoms with Gasteiger partial charge in [-0.3, -0.25) is 9.59 Å². The van der Waals surface area contributed by atoms with Crippen LogP contribution in [0.4, 0.5) is 5.69 Å². The van der Waals surface area contributed by atoms with Gasteiger partial charge in [0.25, 0.3) is 0 Å². The third-order valence-corrected chi connectivity index (χ3v) is 4.58. The number of ether oxygens (including phenoxy) is 9.